The van der Waals surface area contributed by atoms with Crippen LogP contribution in [0, 0.1) is 0 Å². The normalized spacial score (nSPS) is 13.8. The number of hydrogen-bond acceptors (Lipinski definition) is 5. The first-order valence-corrected chi connectivity index (χ1v) is 34.0. The molecule has 0 fully saturated rings. The van der Waals surface area contributed by atoms with Gasteiger partial charge in [0.2, 0.25) is 5.91 Å². The van der Waals surface area contributed by atoms with Gasteiger partial charge in [0.25, 0.3) is 0 Å². The van der Waals surface area contributed by atoms with Crippen molar-refractivity contribution < 1.29 is 25.2 Å². The number of hydrogen-bond donors (Lipinski definition) is 5. The van der Waals surface area contributed by atoms with Crippen molar-refractivity contribution in [3.05, 3.63) is 48.6 Å². The minimum Gasteiger partial charge on any atom is -0.394 e. The van der Waals surface area contributed by atoms with Gasteiger partial charge in [-0.1, -0.05) is 319 Å². The second-order valence-electron chi connectivity index (χ2n) is 23.5. The summed E-state index contributed by atoms with van der Waals surface area (Å²) in [5, 5.41) is 44.1. The van der Waals surface area contributed by atoms with Gasteiger partial charge in [0.05, 0.1) is 18.8 Å². The Kier molecular flexibility index (Phi) is 62.6. The van der Waals surface area contributed by atoms with E-state index in [0.717, 1.165) is 51.4 Å². The molecule has 0 bridgehead atoms. The molecule has 0 aromatic rings. The van der Waals surface area contributed by atoms with Crippen LogP contribution in [0.15, 0.2) is 48.6 Å². The molecule has 0 radical (unpaired) electrons. The fourth-order valence-corrected chi connectivity index (χ4v) is 10.7. The summed E-state index contributed by atoms with van der Waals surface area (Å²) in [7, 11) is 0. The lowest BCUT2D eigenvalue weighted by Crippen LogP contribution is -2.53. The molecular weight excluding hydrogens is 935 g/mol. The van der Waals surface area contributed by atoms with E-state index in [4.69, 9.17) is 0 Å². The van der Waals surface area contributed by atoms with Crippen LogP contribution in [0.2, 0.25) is 0 Å². The Morgan fingerprint density at radius 3 is 0.829 bits per heavy atom. The number of aliphatic hydroxyl groups excluding tert-OH is 4. The highest BCUT2D eigenvalue weighted by Crippen LogP contribution is 2.18. The molecule has 0 saturated carbocycles. The van der Waals surface area contributed by atoms with E-state index in [1.165, 1.54) is 276 Å². The molecule has 0 aliphatic heterocycles. The third-order valence-corrected chi connectivity index (χ3v) is 16.0. The zero-order chi connectivity index (χ0) is 55.1. The fourth-order valence-electron chi connectivity index (χ4n) is 10.7. The highest BCUT2D eigenvalue weighted by atomic mass is 16.3. The number of aliphatic hydroxyl groups is 4. The summed E-state index contributed by atoms with van der Waals surface area (Å²) in [4.78, 5) is 12.6. The van der Waals surface area contributed by atoms with E-state index in [1.54, 1.807) is 0 Å². The van der Waals surface area contributed by atoms with Crippen molar-refractivity contribution >= 4 is 5.91 Å². The van der Waals surface area contributed by atoms with Gasteiger partial charge in [-0.2, -0.15) is 0 Å². The van der Waals surface area contributed by atoms with E-state index in [0.29, 0.717) is 19.3 Å². The molecule has 0 aromatic carbocycles. The zero-order valence-corrected chi connectivity index (χ0v) is 51.0. The molecule has 0 aromatic heterocycles. The Morgan fingerprint density at radius 2 is 0.553 bits per heavy atom. The largest absolute Gasteiger partial charge is 0.394 e. The molecule has 76 heavy (non-hydrogen) atoms. The fraction of sp³-hybridized carbons (Fsp3) is 0.871. The highest BCUT2D eigenvalue weighted by Gasteiger charge is 2.28. The van der Waals surface area contributed by atoms with Crippen molar-refractivity contribution in [1.82, 2.24) is 5.32 Å². The smallest absolute Gasteiger partial charge is 0.249 e. The van der Waals surface area contributed by atoms with Gasteiger partial charge in [0.15, 0.2) is 0 Å². The molecule has 0 rings (SSSR count). The summed E-state index contributed by atoms with van der Waals surface area (Å²) in [6.07, 6.45) is 83.7. The molecule has 0 saturated heterocycles. The van der Waals surface area contributed by atoms with Crippen LogP contribution in [0.4, 0.5) is 0 Å². The second kappa shape index (κ2) is 64.1. The topological polar surface area (TPSA) is 110 Å². The third kappa shape index (κ3) is 57.0. The molecule has 5 N–H and O–H groups in total. The van der Waals surface area contributed by atoms with Crippen LogP contribution in [0.1, 0.15) is 361 Å². The van der Waals surface area contributed by atoms with Crippen LogP contribution in [0.5, 0.6) is 0 Å². The van der Waals surface area contributed by atoms with Crippen LogP contribution in [0.25, 0.3) is 0 Å². The Balaban J connectivity index is 3.62. The number of nitrogens with one attached hydrogen (secondary N) is 1. The summed E-state index contributed by atoms with van der Waals surface area (Å²) in [5.74, 6) is -0.595. The first kappa shape index (κ1) is 74.3. The number of allylic oxidation sites excluding steroid dienone is 8. The lowest BCUT2D eigenvalue weighted by molar-refractivity contribution is -0.132. The van der Waals surface area contributed by atoms with Gasteiger partial charge in [-0.15, -0.1) is 0 Å². The Bertz CT molecular complexity index is 1250. The van der Waals surface area contributed by atoms with Gasteiger partial charge in [0, 0.05) is 0 Å². The SMILES string of the molecule is CCCCCCCCCCCCCC/C=C\CCCCCCCCCCCCCCCCCCC(O)C(=O)NC(CO)C(O)C(O)CCC/C=C/CC/C=C/CC/C=C/CCCCCCCCCCCCCCCCC. The van der Waals surface area contributed by atoms with Gasteiger partial charge in [0.1, 0.15) is 12.2 Å². The standard InChI is InChI=1S/C70H133NO5/c1-3-5-7-9-11-13-15-17-19-21-23-25-27-29-31-33-34-35-36-38-40-42-44-46-48-50-52-54-56-58-60-62-64-68(74)70(76)71-66(65-72)69(75)67(73)63-61-59-57-55-53-51-49-47-45-43-41-39-37-32-30-28-26-24-22-20-18-16-14-12-10-8-6-4-2/h29,31,39,41,47,49,55,57,66-69,72-75H,3-28,30,32-38,40,42-46,48,50-54,56,58-65H2,1-2H3,(H,71,76)/b31-29-,41-39+,49-47+,57-55+. The lowest BCUT2D eigenvalue weighted by atomic mass is 10.00. The first-order chi connectivity index (χ1) is 37.5. The lowest BCUT2D eigenvalue weighted by Gasteiger charge is -2.27. The predicted molar refractivity (Wildman–Crippen MR) is 334 cm³/mol. The number of carbonyl (C=O) groups is 1. The maximum Gasteiger partial charge on any atom is 0.249 e. The van der Waals surface area contributed by atoms with Crippen LogP contribution in [-0.2, 0) is 4.79 Å². The van der Waals surface area contributed by atoms with E-state index in [1.807, 2.05) is 0 Å². The summed E-state index contributed by atoms with van der Waals surface area (Å²) in [5.41, 5.74) is 0. The van der Waals surface area contributed by atoms with E-state index in [-0.39, 0.29) is 0 Å². The molecule has 0 aliphatic rings. The Hall–Kier alpha value is -1.73. The quantitative estimate of drug-likeness (QED) is 0.0308. The van der Waals surface area contributed by atoms with Gasteiger partial charge >= 0.3 is 0 Å². The van der Waals surface area contributed by atoms with Crippen LogP contribution in [0.3, 0.4) is 0 Å². The first-order valence-electron chi connectivity index (χ1n) is 34.0. The number of carbonyl (C=O) groups excluding carboxylic acids is 1. The molecule has 4 unspecified atom stereocenters. The van der Waals surface area contributed by atoms with Crippen LogP contribution in [-0.4, -0.2) is 57.3 Å². The highest BCUT2D eigenvalue weighted by molar-refractivity contribution is 5.80. The van der Waals surface area contributed by atoms with E-state index >= 15 is 0 Å². The summed E-state index contributed by atoms with van der Waals surface area (Å²) < 4.78 is 0. The molecule has 6 nitrogen and oxygen atoms in total. The van der Waals surface area contributed by atoms with Crippen LogP contribution >= 0.6 is 0 Å². The minimum absolute atomic E-state index is 0.360. The molecule has 0 aliphatic carbocycles. The van der Waals surface area contributed by atoms with Crippen LogP contribution < -0.4 is 5.32 Å². The van der Waals surface area contributed by atoms with Crippen molar-refractivity contribution in [2.75, 3.05) is 6.61 Å². The Labute approximate surface area is 474 Å². The molecule has 1 amide bonds. The monoisotopic (exact) mass is 1070 g/mol. The average Bonchev–Trinajstić information content (AvgIpc) is 3.42. The van der Waals surface area contributed by atoms with Gasteiger partial charge in [-0.05, 0) is 89.9 Å². The third-order valence-electron chi connectivity index (χ3n) is 16.0. The van der Waals surface area contributed by atoms with Crippen molar-refractivity contribution in [2.24, 2.45) is 0 Å². The number of unbranched alkanes of at least 4 members (excludes halogenated alkanes) is 46. The van der Waals surface area contributed by atoms with E-state index in [9.17, 15) is 25.2 Å². The molecular formula is C70H133NO5. The molecule has 0 heterocycles. The number of rotatable bonds is 63. The van der Waals surface area contributed by atoms with E-state index < -0.39 is 36.9 Å². The van der Waals surface area contributed by atoms with Gasteiger partial charge in [-0.25, -0.2) is 0 Å². The Morgan fingerprint density at radius 1 is 0.316 bits per heavy atom. The van der Waals surface area contributed by atoms with E-state index in [2.05, 4.69) is 67.8 Å². The van der Waals surface area contributed by atoms with Crippen molar-refractivity contribution in [1.29, 1.82) is 0 Å². The average molecular weight is 1070 g/mol. The number of amides is 1. The molecule has 4 atom stereocenters. The molecule has 448 valence electrons. The summed E-state index contributed by atoms with van der Waals surface area (Å²) >= 11 is 0. The minimum atomic E-state index is -1.30. The van der Waals surface area contributed by atoms with Gasteiger partial charge in [-0.3, -0.25) is 4.79 Å². The van der Waals surface area contributed by atoms with Gasteiger partial charge < -0.3 is 25.7 Å². The molecule has 6 heteroatoms. The maximum absolute atomic E-state index is 12.6. The summed E-state index contributed by atoms with van der Waals surface area (Å²) in [6.45, 7) is 4.08. The van der Waals surface area contributed by atoms with Crippen molar-refractivity contribution in [2.45, 2.75) is 385 Å². The second-order valence-corrected chi connectivity index (χ2v) is 23.5. The zero-order valence-electron chi connectivity index (χ0n) is 51.0. The summed E-state index contributed by atoms with van der Waals surface area (Å²) in [6, 6.07) is -1.01. The molecule has 0 spiro atoms. The van der Waals surface area contributed by atoms with Crippen molar-refractivity contribution in [3.63, 3.8) is 0 Å². The van der Waals surface area contributed by atoms with Crippen molar-refractivity contribution in [3.8, 4) is 0 Å². The predicted octanol–water partition coefficient (Wildman–Crippen LogP) is 20.9. The maximum atomic E-state index is 12.6.